The second-order valence-corrected chi connectivity index (χ2v) is 4.68. The lowest BCUT2D eigenvalue weighted by Crippen LogP contribution is -2.43. The van der Waals surface area contributed by atoms with Gasteiger partial charge in [0.25, 0.3) is 0 Å². The van der Waals surface area contributed by atoms with Crippen LogP contribution in [-0.4, -0.2) is 35.4 Å². The Labute approximate surface area is 84.6 Å². The molecular weight excluding hydrogens is 182 g/mol. The number of hydrogen-bond donors (Lipinski definition) is 2. The lowest BCUT2D eigenvalue weighted by molar-refractivity contribution is -0.166. The maximum atomic E-state index is 11.4. The molecule has 0 spiro atoms. The van der Waals surface area contributed by atoms with Crippen molar-refractivity contribution >= 4 is 5.97 Å². The molecule has 4 nitrogen and oxygen atoms in total. The van der Waals surface area contributed by atoms with Crippen LogP contribution in [0.4, 0.5) is 0 Å². The second kappa shape index (κ2) is 4.28. The summed E-state index contributed by atoms with van der Waals surface area (Å²) in [5.74, 6) is -0.531. The first-order valence-electron chi connectivity index (χ1n) is 5.04. The quantitative estimate of drug-likeness (QED) is 0.636. The van der Waals surface area contributed by atoms with Crippen LogP contribution in [0.25, 0.3) is 0 Å². The molecular formula is C10H19NO3. The molecule has 1 aliphatic heterocycles. The SMILES string of the molecule is CC(C)(C)OC(=O)[C@@H](O)C1CCCN1. The third kappa shape index (κ3) is 3.27. The highest BCUT2D eigenvalue weighted by Crippen LogP contribution is 2.14. The average Bonchev–Trinajstić information content (AvgIpc) is 2.51. The zero-order valence-corrected chi connectivity index (χ0v) is 9.04. The largest absolute Gasteiger partial charge is 0.458 e. The molecule has 1 unspecified atom stereocenters. The van der Waals surface area contributed by atoms with Gasteiger partial charge in [-0.3, -0.25) is 0 Å². The molecule has 14 heavy (non-hydrogen) atoms. The highest BCUT2D eigenvalue weighted by molar-refractivity contribution is 5.75. The van der Waals surface area contributed by atoms with E-state index in [1.54, 1.807) is 20.8 Å². The van der Waals surface area contributed by atoms with Crippen LogP contribution in [-0.2, 0) is 9.53 Å². The van der Waals surface area contributed by atoms with Gasteiger partial charge >= 0.3 is 5.97 Å². The molecule has 0 amide bonds. The summed E-state index contributed by atoms with van der Waals surface area (Å²) in [6.07, 6.45) is 0.807. The van der Waals surface area contributed by atoms with Crippen molar-refractivity contribution in [2.24, 2.45) is 0 Å². The Morgan fingerprint density at radius 2 is 2.21 bits per heavy atom. The van der Waals surface area contributed by atoms with Crippen molar-refractivity contribution in [2.75, 3.05) is 6.54 Å². The summed E-state index contributed by atoms with van der Waals surface area (Å²) >= 11 is 0. The molecule has 0 saturated carbocycles. The van der Waals surface area contributed by atoms with E-state index in [4.69, 9.17) is 4.74 Å². The molecule has 0 radical (unpaired) electrons. The van der Waals surface area contributed by atoms with Gasteiger partial charge < -0.3 is 15.2 Å². The Morgan fingerprint density at radius 1 is 1.57 bits per heavy atom. The van der Waals surface area contributed by atoms with Gasteiger partial charge in [-0.25, -0.2) is 4.79 Å². The van der Waals surface area contributed by atoms with Gasteiger partial charge in [-0.1, -0.05) is 0 Å². The van der Waals surface area contributed by atoms with Gasteiger partial charge in [0, 0.05) is 6.04 Å². The molecule has 82 valence electrons. The predicted octanol–water partition coefficient (Wildman–Crippen LogP) is 0.441. The monoisotopic (exact) mass is 201 g/mol. The lowest BCUT2D eigenvalue weighted by Gasteiger charge is -2.24. The first-order valence-corrected chi connectivity index (χ1v) is 5.04. The van der Waals surface area contributed by atoms with Crippen molar-refractivity contribution in [3.05, 3.63) is 0 Å². The van der Waals surface area contributed by atoms with Crippen LogP contribution in [0.5, 0.6) is 0 Å². The average molecular weight is 201 g/mol. The van der Waals surface area contributed by atoms with Crippen LogP contribution in [0, 0.1) is 0 Å². The van der Waals surface area contributed by atoms with E-state index >= 15 is 0 Å². The summed E-state index contributed by atoms with van der Waals surface area (Å²) in [6, 6.07) is -0.134. The van der Waals surface area contributed by atoms with E-state index in [1.165, 1.54) is 0 Å². The number of carbonyl (C=O) groups is 1. The van der Waals surface area contributed by atoms with Gasteiger partial charge in [-0.2, -0.15) is 0 Å². The molecule has 1 rings (SSSR count). The van der Waals surface area contributed by atoms with Crippen molar-refractivity contribution in [2.45, 2.75) is 51.4 Å². The molecule has 2 N–H and O–H groups in total. The van der Waals surface area contributed by atoms with Gasteiger partial charge in [0.1, 0.15) is 5.60 Å². The zero-order valence-electron chi connectivity index (χ0n) is 9.04. The lowest BCUT2D eigenvalue weighted by atomic mass is 10.1. The van der Waals surface area contributed by atoms with Crippen LogP contribution in [0.15, 0.2) is 0 Å². The third-order valence-electron chi connectivity index (χ3n) is 2.13. The molecule has 0 aromatic rings. The van der Waals surface area contributed by atoms with Crippen molar-refractivity contribution in [3.63, 3.8) is 0 Å². The summed E-state index contributed by atoms with van der Waals surface area (Å²) in [6.45, 7) is 6.24. The Morgan fingerprint density at radius 3 is 2.64 bits per heavy atom. The molecule has 0 aliphatic carbocycles. The zero-order chi connectivity index (χ0) is 10.8. The molecule has 1 heterocycles. The first kappa shape index (κ1) is 11.5. The molecule has 0 aromatic heterocycles. The van der Waals surface area contributed by atoms with Gasteiger partial charge in [-0.15, -0.1) is 0 Å². The number of rotatable bonds is 2. The molecule has 2 atom stereocenters. The number of carbonyl (C=O) groups excluding carboxylic acids is 1. The Bertz CT molecular complexity index is 204. The van der Waals surface area contributed by atoms with Crippen LogP contribution < -0.4 is 5.32 Å². The topological polar surface area (TPSA) is 58.6 Å². The first-order chi connectivity index (χ1) is 6.40. The number of ether oxygens (including phenoxy) is 1. The molecule has 0 aromatic carbocycles. The van der Waals surface area contributed by atoms with E-state index in [2.05, 4.69) is 5.32 Å². The standard InChI is InChI=1S/C10H19NO3/c1-10(2,3)14-9(13)8(12)7-5-4-6-11-7/h7-8,11-12H,4-6H2,1-3H3/t7?,8-/m0/s1. The number of nitrogens with one attached hydrogen (secondary N) is 1. The van der Waals surface area contributed by atoms with Crippen molar-refractivity contribution in [1.29, 1.82) is 0 Å². The van der Waals surface area contributed by atoms with E-state index < -0.39 is 17.7 Å². The van der Waals surface area contributed by atoms with Crippen molar-refractivity contribution < 1.29 is 14.6 Å². The summed E-state index contributed by atoms with van der Waals surface area (Å²) in [7, 11) is 0. The van der Waals surface area contributed by atoms with Crippen LogP contribution in [0.1, 0.15) is 33.6 Å². The van der Waals surface area contributed by atoms with E-state index in [0.717, 1.165) is 19.4 Å². The van der Waals surface area contributed by atoms with E-state index in [1.807, 2.05) is 0 Å². The highest BCUT2D eigenvalue weighted by Gasteiger charge is 2.31. The van der Waals surface area contributed by atoms with Crippen LogP contribution in [0.3, 0.4) is 0 Å². The van der Waals surface area contributed by atoms with Crippen molar-refractivity contribution in [3.8, 4) is 0 Å². The summed E-state index contributed by atoms with van der Waals surface area (Å²) in [5, 5.41) is 12.7. The number of aliphatic hydroxyl groups is 1. The fourth-order valence-electron chi connectivity index (χ4n) is 1.51. The number of aliphatic hydroxyl groups excluding tert-OH is 1. The maximum Gasteiger partial charge on any atom is 0.337 e. The molecule has 0 bridgehead atoms. The van der Waals surface area contributed by atoms with E-state index in [-0.39, 0.29) is 6.04 Å². The van der Waals surface area contributed by atoms with E-state index in [0.29, 0.717) is 0 Å². The Hall–Kier alpha value is -0.610. The Kier molecular flexibility index (Phi) is 3.50. The van der Waals surface area contributed by atoms with Gasteiger partial charge in [0.15, 0.2) is 6.10 Å². The van der Waals surface area contributed by atoms with Crippen LogP contribution in [0.2, 0.25) is 0 Å². The smallest absolute Gasteiger partial charge is 0.337 e. The predicted molar refractivity (Wildman–Crippen MR) is 52.9 cm³/mol. The molecule has 1 aliphatic rings. The van der Waals surface area contributed by atoms with Gasteiger partial charge in [0.2, 0.25) is 0 Å². The van der Waals surface area contributed by atoms with Gasteiger partial charge in [0.05, 0.1) is 0 Å². The van der Waals surface area contributed by atoms with Crippen molar-refractivity contribution in [1.82, 2.24) is 5.32 Å². The highest BCUT2D eigenvalue weighted by atomic mass is 16.6. The minimum Gasteiger partial charge on any atom is -0.458 e. The number of hydrogen-bond acceptors (Lipinski definition) is 4. The third-order valence-corrected chi connectivity index (χ3v) is 2.13. The normalized spacial score (nSPS) is 24.7. The fourth-order valence-corrected chi connectivity index (χ4v) is 1.51. The molecule has 1 fully saturated rings. The molecule has 1 saturated heterocycles. The summed E-state index contributed by atoms with van der Waals surface area (Å²) < 4.78 is 5.08. The summed E-state index contributed by atoms with van der Waals surface area (Å²) in [5.41, 5.74) is -0.531. The maximum absolute atomic E-state index is 11.4. The minimum atomic E-state index is -1.03. The van der Waals surface area contributed by atoms with Crippen LogP contribution >= 0.6 is 0 Å². The van der Waals surface area contributed by atoms with Gasteiger partial charge in [-0.05, 0) is 40.2 Å². The minimum absolute atomic E-state index is 0.134. The fraction of sp³-hybridized carbons (Fsp3) is 0.900. The molecule has 4 heteroatoms. The second-order valence-electron chi connectivity index (χ2n) is 4.68. The van der Waals surface area contributed by atoms with E-state index in [9.17, 15) is 9.90 Å². The summed E-state index contributed by atoms with van der Waals surface area (Å²) in [4.78, 5) is 11.4. The number of esters is 1. The Balaban J connectivity index is 2.43.